The molecule has 1 aromatic rings. The molecule has 5 heteroatoms. The molecule has 1 amide bonds. The van der Waals surface area contributed by atoms with Gasteiger partial charge in [-0.3, -0.25) is 4.79 Å². The number of nitrogens with one attached hydrogen (secondary N) is 1. The second-order valence-corrected chi connectivity index (χ2v) is 3.78. The number of rotatable bonds is 1. The molecule has 16 heavy (non-hydrogen) atoms. The lowest BCUT2D eigenvalue weighted by molar-refractivity contribution is -0.137. The second kappa shape index (κ2) is 3.81. The molecule has 1 aliphatic heterocycles. The number of alkyl halides is 3. The van der Waals surface area contributed by atoms with Gasteiger partial charge in [0, 0.05) is 6.42 Å². The fraction of sp³-hybridized carbons (Fsp3) is 0.364. The number of carbonyl (C=O) groups excluding carboxylic acids is 1. The summed E-state index contributed by atoms with van der Waals surface area (Å²) in [7, 11) is 0. The third kappa shape index (κ3) is 2.18. The number of amides is 1. The van der Waals surface area contributed by atoms with E-state index in [0.717, 1.165) is 12.1 Å². The molecule has 1 unspecified atom stereocenters. The third-order valence-corrected chi connectivity index (χ3v) is 2.61. The Morgan fingerprint density at radius 3 is 2.62 bits per heavy atom. The SMILES string of the molecule is O=C1CCC(c2cccc(C(F)(F)F)c2)N1. The minimum Gasteiger partial charge on any atom is -0.349 e. The normalized spacial score (nSPS) is 20.9. The van der Waals surface area contributed by atoms with Gasteiger partial charge in [-0.05, 0) is 24.1 Å². The van der Waals surface area contributed by atoms with Gasteiger partial charge < -0.3 is 5.32 Å². The van der Waals surface area contributed by atoms with Gasteiger partial charge in [-0.15, -0.1) is 0 Å². The van der Waals surface area contributed by atoms with Gasteiger partial charge in [0.1, 0.15) is 0 Å². The molecule has 1 fully saturated rings. The fourth-order valence-corrected chi connectivity index (χ4v) is 1.80. The molecule has 1 N–H and O–H groups in total. The van der Waals surface area contributed by atoms with Gasteiger partial charge in [0.05, 0.1) is 11.6 Å². The molecule has 1 heterocycles. The van der Waals surface area contributed by atoms with E-state index in [-0.39, 0.29) is 11.9 Å². The first-order valence-electron chi connectivity index (χ1n) is 4.93. The van der Waals surface area contributed by atoms with Gasteiger partial charge in [0.15, 0.2) is 0 Å². The van der Waals surface area contributed by atoms with Crippen LogP contribution in [0.2, 0.25) is 0 Å². The van der Waals surface area contributed by atoms with Crippen molar-refractivity contribution in [2.45, 2.75) is 25.1 Å². The highest BCUT2D eigenvalue weighted by molar-refractivity contribution is 5.78. The van der Waals surface area contributed by atoms with Crippen molar-refractivity contribution in [1.29, 1.82) is 0 Å². The zero-order valence-corrected chi connectivity index (χ0v) is 8.34. The average molecular weight is 229 g/mol. The molecule has 2 nitrogen and oxygen atoms in total. The molecule has 0 saturated carbocycles. The highest BCUT2D eigenvalue weighted by Crippen LogP contribution is 2.32. The first kappa shape index (κ1) is 11.0. The summed E-state index contributed by atoms with van der Waals surface area (Å²) in [4.78, 5) is 11.0. The summed E-state index contributed by atoms with van der Waals surface area (Å²) in [5.74, 6) is -0.109. The molecule has 1 aliphatic rings. The maximum atomic E-state index is 12.4. The van der Waals surface area contributed by atoms with Gasteiger partial charge in [0.2, 0.25) is 5.91 Å². The van der Waals surface area contributed by atoms with Crippen LogP contribution in [0.15, 0.2) is 24.3 Å². The Hall–Kier alpha value is -1.52. The minimum atomic E-state index is -4.33. The molecule has 86 valence electrons. The summed E-state index contributed by atoms with van der Waals surface area (Å²) in [6, 6.07) is 4.81. The van der Waals surface area contributed by atoms with E-state index in [1.807, 2.05) is 0 Å². The van der Waals surface area contributed by atoms with Crippen LogP contribution < -0.4 is 5.32 Å². The van der Waals surface area contributed by atoms with Crippen molar-refractivity contribution in [1.82, 2.24) is 5.32 Å². The van der Waals surface area contributed by atoms with Crippen LogP contribution in [0.5, 0.6) is 0 Å². The van der Waals surface area contributed by atoms with E-state index in [2.05, 4.69) is 5.32 Å². The van der Waals surface area contributed by atoms with Crippen LogP contribution in [0.25, 0.3) is 0 Å². The van der Waals surface area contributed by atoms with E-state index in [9.17, 15) is 18.0 Å². The van der Waals surface area contributed by atoms with E-state index in [0.29, 0.717) is 18.4 Å². The lowest BCUT2D eigenvalue weighted by Crippen LogP contribution is -2.18. The monoisotopic (exact) mass is 229 g/mol. The van der Waals surface area contributed by atoms with Crippen LogP contribution in [0, 0.1) is 0 Å². The van der Waals surface area contributed by atoms with Gasteiger partial charge in [0.25, 0.3) is 0 Å². The molecule has 0 aliphatic carbocycles. The number of hydrogen-bond donors (Lipinski definition) is 1. The highest BCUT2D eigenvalue weighted by atomic mass is 19.4. The highest BCUT2D eigenvalue weighted by Gasteiger charge is 2.31. The largest absolute Gasteiger partial charge is 0.416 e. The molecule has 0 radical (unpaired) electrons. The standard InChI is InChI=1S/C11H10F3NO/c12-11(13,14)8-3-1-2-7(6-8)9-4-5-10(16)15-9/h1-3,6,9H,4-5H2,(H,15,16). The zero-order chi connectivity index (χ0) is 11.8. The number of halogens is 3. The lowest BCUT2D eigenvalue weighted by atomic mass is 10.0. The van der Waals surface area contributed by atoms with E-state index in [1.54, 1.807) is 6.07 Å². The van der Waals surface area contributed by atoms with Crippen molar-refractivity contribution in [3.05, 3.63) is 35.4 Å². The molecular formula is C11H10F3NO. The van der Waals surface area contributed by atoms with Crippen molar-refractivity contribution in [2.24, 2.45) is 0 Å². The summed E-state index contributed by atoms with van der Waals surface area (Å²) >= 11 is 0. The van der Waals surface area contributed by atoms with Crippen molar-refractivity contribution in [3.8, 4) is 0 Å². The van der Waals surface area contributed by atoms with Crippen LogP contribution in [0.3, 0.4) is 0 Å². The summed E-state index contributed by atoms with van der Waals surface area (Å²) in [5, 5.41) is 2.64. The molecule has 1 atom stereocenters. The van der Waals surface area contributed by atoms with E-state index in [4.69, 9.17) is 0 Å². The summed E-state index contributed by atoms with van der Waals surface area (Å²) in [5.41, 5.74) is -0.160. The van der Waals surface area contributed by atoms with E-state index >= 15 is 0 Å². The third-order valence-electron chi connectivity index (χ3n) is 2.61. The number of hydrogen-bond acceptors (Lipinski definition) is 1. The maximum Gasteiger partial charge on any atom is 0.416 e. The predicted octanol–water partition coefficient (Wildman–Crippen LogP) is 2.66. The first-order chi connectivity index (χ1) is 7.47. The Bertz CT molecular complexity index is 414. The van der Waals surface area contributed by atoms with Gasteiger partial charge >= 0.3 is 6.18 Å². The van der Waals surface area contributed by atoms with Gasteiger partial charge in [-0.2, -0.15) is 13.2 Å². The molecule has 0 bridgehead atoms. The molecule has 0 aromatic heterocycles. The van der Waals surface area contributed by atoms with Crippen molar-refractivity contribution >= 4 is 5.91 Å². The van der Waals surface area contributed by atoms with E-state index in [1.165, 1.54) is 6.07 Å². The Balaban J connectivity index is 2.26. The topological polar surface area (TPSA) is 29.1 Å². The first-order valence-corrected chi connectivity index (χ1v) is 4.93. The lowest BCUT2D eigenvalue weighted by Gasteiger charge is -2.13. The van der Waals surface area contributed by atoms with Crippen LogP contribution in [0.1, 0.15) is 30.0 Å². The molecule has 1 saturated heterocycles. The average Bonchev–Trinajstić information content (AvgIpc) is 2.64. The number of benzene rings is 1. The summed E-state index contributed by atoms with van der Waals surface area (Å²) in [6.45, 7) is 0. The molecule has 1 aromatic carbocycles. The van der Waals surface area contributed by atoms with Crippen LogP contribution >= 0.6 is 0 Å². The quantitative estimate of drug-likeness (QED) is 0.788. The minimum absolute atomic E-state index is 0.109. The Labute approximate surface area is 90.5 Å². The Kier molecular flexibility index (Phi) is 2.61. The van der Waals surface area contributed by atoms with Crippen LogP contribution in [0.4, 0.5) is 13.2 Å². The fourth-order valence-electron chi connectivity index (χ4n) is 1.80. The van der Waals surface area contributed by atoms with Crippen molar-refractivity contribution < 1.29 is 18.0 Å². The summed E-state index contributed by atoms with van der Waals surface area (Å²) in [6.07, 6.45) is -3.40. The predicted molar refractivity (Wildman–Crippen MR) is 51.6 cm³/mol. The summed E-state index contributed by atoms with van der Waals surface area (Å²) < 4.78 is 37.3. The van der Waals surface area contributed by atoms with Gasteiger partial charge in [-0.25, -0.2) is 0 Å². The van der Waals surface area contributed by atoms with Crippen molar-refractivity contribution in [3.63, 3.8) is 0 Å². The number of carbonyl (C=O) groups is 1. The second-order valence-electron chi connectivity index (χ2n) is 3.78. The Morgan fingerprint density at radius 1 is 1.31 bits per heavy atom. The van der Waals surface area contributed by atoms with E-state index < -0.39 is 11.7 Å². The van der Waals surface area contributed by atoms with Crippen molar-refractivity contribution in [2.75, 3.05) is 0 Å². The van der Waals surface area contributed by atoms with Gasteiger partial charge in [-0.1, -0.05) is 12.1 Å². The molecule has 0 spiro atoms. The smallest absolute Gasteiger partial charge is 0.349 e. The zero-order valence-electron chi connectivity index (χ0n) is 8.34. The van der Waals surface area contributed by atoms with Crippen LogP contribution in [-0.2, 0) is 11.0 Å². The maximum absolute atomic E-state index is 12.4. The Morgan fingerprint density at radius 2 is 2.06 bits per heavy atom. The molecule has 2 rings (SSSR count). The van der Waals surface area contributed by atoms with Crippen LogP contribution in [-0.4, -0.2) is 5.91 Å². The molecular weight excluding hydrogens is 219 g/mol.